The fraction of sp³-hybridized carbons (Fsp3) is 1.00. The van der Waals surface area contributed by atoms with E-state index in [1.165, 1.54) is 25.7 Å². The lowest BCUT2D eigenvalue weighted by Crippen LogP contribution is -2.52. The van der Waals surface area contributed by atoms with E-state index in [-0.39, 0.29) is 5.54 Å². The van der Waals surface area contributed by atoms with Crippen LogP contribution in [0.3, 0.4) is 0 Å². The first-order valence-corrected chi connectivity index (χ1v) is 6.33. The van der Waals surface area contributed by atoms with Crippen LogP contribution in [0, 0.1) is 16.7 Å². The number of hydrogen-bond donors (Lipinski definition) is 1. The zero-order chi connectivity index (χ0) is 11.9. The maximum absolute atomic E-state index is 6.61. The van der Waals surface area contributed by atoms with E-state index in [9.17, 15) is 0 Å². The molecular formula is C14H29N. The van der Waals surface area contributed by atoms with Crippen molar-refractivity contribution in [3.05, 3.63) is 0 Å². The highest BCUT2D eigenvalue weighted by atomic mass is 14.8. The minimum atomic E-state index is 0.0689. The van der Waals surface area contributed by atoms with Gasteiger partial charge in [0.25, 0.3) is 0 Å². The third-order valence-corrected chi connectivity index (χ3v) is 3.43. The van der Waals surface area contributed by atoms with E-state index in [1.54, 1.807) is 0 Å². The minimum Gasteiger partial charge on any atom is -0.325 e. The highest BCUT2D eigenvalue weighted by molar-refractivity contribution is 5.00. The monoisotopic (exact) mass is 211 g/mol. The van der Waals surface area contributed by atoms with E-state index in [4.69, 9.17) is 5.73 Å². The Morgan fingerprint density at radius 2 is 1.33 bits per heavy atom. The van der Waals surface area contributed by atoms with Gasteiger partial charge in [-0.2, -0.15) is 0 Å². The molecule has 1 aliphatic carbocycles. The molecule has 1 aliphatic rings. The second-order valence-electron chi connectivity index (χ2n) is 7.82. The third kappa shape index (κ3) is 3.79. The van der Waals surface area contributed by atoms with Crippen LogP contribution in [-0.4, -0.2) is 5.54 Å². The fourth-order valence-corrected chi connectivity index (χ4v) is 4.35. The molecular weight excluding hydrogens is 182 g/mol. The van der Waals surface area contributed by atoms with Crippen molar-refractivity contribution in [2.24, 2.45) is 22.5 Å². The molecule has 0 radical (unpaired) electrons. The Balaban J connectivity index is 2.82. The van der Waals surface area contributed by atoms with Crippen LogP contribution >= 0.6 is 0 Å². The van der Waals surface area contributed by atoms with Crippen LogP contribution in [0.15, 0.2) is 0 Å². The highest BCUT2D eigenvalue weighted by Gasteiger charge is 2.45. The SMILES string of the molecule is CC(C)CC1(N)CC(C)(C)CC(C)(C)C1. The summed E-state index contributed by atoms with van der Waals surface area (Å²) in [7, 11) is 0. The molecule has 15 heavy (non-hydrogen) atoms. The van der Waals surface area contributed by atoms with Gasteiger partial charge in [0.15, 0.2) is 0 Å². The van der Waals surface area contributed by atoms with E-state index in [1.807, 2.05) is 0 Å². The summed E-state index contributed by atoms with van der Waals surface area (Å²) < 4.78 is 0. The first kappa shape index (κ1) is 13.0. The standard InChI is InChI=1S/C14H29N/c1-11(2)7-14(15)9-12(3,4)8-13(5,6)10-14/h11H,7-10,15H2,1-6H3. The fourth-order valence-electron chi connectivity index (χ4n) is 4.35. The highest BCUT2D eigenvalue weighted by Crippen LogP contribution is 2.50. The molecule has 1 nitrogen and oxygen atoms in total. The molecule has 0 aromatic carbocycles. The maximum atomic E-state index is 6.61. The topological polar surface area (TPSA) is 26.0 Å². The van der Waals surface area contributed by atoms with Crippen molar-refractivity contribution in [3.63, 3.8) is 0 Å². The van der Waals surface area contributed by atoms with Crippen molar-refractivity contribution in [2.45, 2.75) is 72.8 Å². The Morgan fingerprint density at radius 1 is 0.933 bits per heavy atom. The van der Waals surface area contributed by atoms with Gasteiger partial charge >= 0.3 is 0 Å². The Bertz CT molecular complexity index is 209. The average molecular weight is 211 g/mol. The smallest absolute Gasteiger partial charge is 0.0167 e. The molecule has 0 aliphatic heterocycles. The van der Waals surface area contributed by atoms with Gasteiger partial charge in [-0.05, 0) is 42.4 Å². The van der Waals surface area contributed by atoms with E-state index in [0.717, 1.165) is 0 Å². The average Bonchev–Trinajstić information content (AvgIpc) is 1.70. The molecule has 0 amide bonds. The van der Waals surface area contributed by atoms with Crippen LogP contribution in [-0.2, 0) is 0 Å². The summed E-state index contributed by atoms with van der Waals surface area (Å²) in [6.07, 6.45) is 4.83. The summed E-state index contributed by atoms with van der Waals surface area (Å²) in [6.45, 7) is 14.0. The number of nitrogens with two attached hydrogens (primary N) is 1. The van der Waals surface area contributed by atoms with Crippen molar-refractivity contribution in [3.8, 4) is 0 Å². The number of hydrogen-bond acceptors (Lipinski definition) is 1. The Morgan fingerprint density at radius 3 is 1.67 bits per heavy atom. The predicted molar refractivity (Wildman–Crippen MR) is 67.8 cm³/mol. The van der Waals surface area contributed by atoms with E-state index in [2.05, 4.69) is 41.5 Å². The quantitative estimate of drug-likeness (QED) is 0.735. The molecule has 90 valence electrons. The summed E-state index contributed by atoms with van der Waals surface area (Å²) in [5.41, 5.74) is 7.50. The molecule has 2 N–H and O–H groups in total. The van der Waals surface area contributed by atoms with Crippen molar-refractivity contribution in [2.75, 3.05) is 0 Å². The molecule has 0 heterocycles. The zero-order valence-corrected chi connectivity index (χ0v) is 11.5. The lowest BCUT2D eigenvalue weighted by Gasteiger charge is -2.51. The Kier molecular flexibility index (Phi) is 3.27. The predicted octanol–water partition coefficient (Wildman–Crippen LogP) is 3.97. The second kappa shape index (κ2) is 3.76. The van der Waals surface area contributed by atoms with Gasteiger partial charge in [0.2, 0.25) is 0 Å². The molecule has 0 aromatic rings. The largest absolute Gasteiger partial charge is 0.325 e. The lowest BCUT2D eigenvalue weighted by atomic mass is 9.57. The molecule has 1 saturated carbocycles. The van der Waals surface area contributed by atoms with Crippen LogP contribution in [0.4, 0.5) is 0 Å². The van der Waals surface area contributed by atoms with Gasteiger partial charge in [-0.1, -0.05) is 41.5 Å². The molecule has 1 rings (SSSR count). The summed E-state index contributed by atoms with van der Waals surface area (Å²) in [6, 6.07) is 0. The lowest BCUT2D eigenvalue weighted by molar-refractivity contribution is 0.0385. The Labute approximate surface area is 95.8 Å². The van der Waals surface area contributed by atoms with Gasteiger partial charge in [-0.15, -0.1) is 0 Å². The molecule has 1 fully saturated rings. The zero-order valence-electron chi connectivity index (χ0n) is 11.5. The van der Waals surface area contributed by atoms with Gasteiger partial charge in [0.05, 0.1) is 0 Å². The van der Waals surface area contributed by atoms with E-state index in [0.29, 0.717) is 16.7 Å². The van der Waals surface area contributed by atoms with Crippen molar-refractivity contribution >= 4 is 0 Å². The van der Waals surface area contributed by atoms with Crippen molar-refractivity contribution in [1.29, 1.82) is 0 Å². The van der Waals surface area contributed by atoms with Crippen LogP contribution in [0.1, 0.15) is 67.2 Å². The second-order valence-corrected chi connectivity index (χ2v) is 7.82. The molecule has 0 atom stereocenters. The first-order chi connectivity index (χ1) is 6.54. The number of rotatable bonds is 2. The van der Waals surface area contributed by atoms with Gasteiger partial charge < -0.3 is 5.73 Å². The van der Waals surface area contributed by atoms with Crippen LogP contribution in [0.5, 0.6) is 0 Å². The van der Waals surface area contributed by atoms with Crippen LogP contribution in [0.25, 0.3) is 0 Å². The molecule has 0 bridgehead atoms. The van der Waals surface area contributed by atoms with Crippen LogP contribution in [0.2, 0.25) is 0 Å². The molecule has 0 saturated heterocycles. The summed E-state index contributed by atoms with van der Waals surface area (Å²) >= 11 is 0. The summed E-state index contributed by atoms with van der Waals surface area (Å²) in [4.78, 5) is 0. The van der Waals surface area contributed by atoms with Crippen molar-refractivity contribution in [1.82, 2.24) is 0 Å². The van der Waals surface area contributed by atoms with Crippen LogP contribution < -0.4 is 5.73 Å². The van der Waals surface area contributed by atoms with Gasteiger partial charge in [0, 0.05) is 5.54 Å². The molecule has 0 spiro atoms. The maximum Gasteiger partial charge on any atom is 0.0167 e. The van der Waals surface area contributed by atoms with Gasteiger partial charge in [-0.25, -0.2) is 0 Å². The molecule has 1 heteroatoms. The normalized spacial score (nSPS) is 28.0. The first-order valence-electron chi connectivity index (χ1n) is 6.33. The summed E-state index contributed by atoms with van der Waals surface area (Å²) in [5, 5.41) is 0. The van der Waals surface area contributed by atoms with Gasteiger partial charge in [-0.3, -0.25) is 0 Å². The summed E-state index contributed by atoms with van der Waals surface area (Å²) in [5.74, 6) is 0.708. The van der Waals surface area contributed by atoms with E-state index >= 15 is 0 Å². The van der Waals surface area contributed by atoms with Gasteiger partial charge in [0.1, 0.15) is 0 Å². The minimum absolute atomic E-state index is 0.0689. The molecule has 0 unspecified atom stereocenters. The Hall–Kier alpha value is -0.0400. The third-order valence-electron chi connectivity index (χ3n) is 3.43. The van der Waals surface area contributed by atoms with Crippen molar-refractivity contribution < 1.29 is 0 Å². The molecule has 0 aromatic heterocycles. The van der Waals surface area contributed by atoms with E-state index < -0.39 is 0 Å².